The molecule has 1 unspecified atom stereocenters. The lowest BCUT2D eigenvalue weighted by atomic mass is 9.84. The zero-order chi connectivity index (χ0) is 18.7. The summed E-state index contributed by atoms with van der Waals surface area (Å²) in [6, 6.07) is 17.1. The minimum absolute atomic E-state index is 0.348. The van der Waals surface area contributed by atoms with Gasteiger partial charge in [0.05, 0.1) is 24.3 Å². The molecule has 26 heavy (non-hydrogen) atoms. The third-order valence-corrected chi connectivity index (χ3v) is 4.80. The molecule has 3 rings (SSSR count). The molecule has 1 aliphatic rings. The second-order valence-electron chi connectivity index (χ2n) is 6.98. The maximum Gasteiger partial charge on any atom is 0.132 e. The molecule has 0 fully saturated rings. The first-order valence-corrected chi connectivity index (χ1v) is 8.69. The molecule has 2 aromatic rings. The number of nitriles is 1. The summed E-state index contributed by atoms with van der Waals surface area (Å²) in [6.45, 7) is 4.89. The number of aliphatic hydroxyl groups is 1. The smallest absolute Gasteiger partial charge is 0.132 e. The largest absolute Gasteiger partial charge is 0.485 e. The normalized spacial score (nSPS) is 20.6. The number of hydrogen-bond acceptors (Lipinski definition) is 5. The summed E-state index contributed by atoms with van der Waals surface area (Å²) in [4.78, 5) is 2.12. The van der Waals surface area contributed by atoms with Crippen LogP contribution in [0.5, 0.6) is 5.75 Å². The number of methoxy groups -OCH3 is 1. The van der Waals surface area contributed by atoms with Crippen LogP contribution in [-0.2, 0) is 4.74 Å². The van der Waals surface area contributed by atoms with E-state index in [2.05, 4.69) is 11.0 Å². The van der Waals surface area contributed by atoms with Crippen LogP contribution < -0.4 is 9.64 Å². The van der Waals surface area contributed by atoms with Crippen LogP contribution >= 0.6 is 0 Å². The van der Waals surface area contributed by atoms with Crippen molar-refractivity contribution in [3.05, 3.63) is 59.7 Å². The minimum atomic E-state index is -0.777. The summed E-state index contributed by atoms with van der Waals surface area (Å²) < 4.78 is 11.3. The second-order valence-corrected chi connectivity index (χ2v) is 6.98. The number of nitrogens with zero attached hydrogens (tertiary/aromatic N) is 2. The molecule has 136 valence electrons. The third kappa shape index (κ3) is 3.39. The number of hydrogen-bond donors (Lipinski definition) is 1. The molecule has 0 spiro atoms. The van der Waals surface area contributed by atoms with Gasteiger partial charge in [-0.1, -0.05) is 18.2 Å². The van der Waals surface area contributed by atoms with Gasteiger partial charge < -0.3 is 19.5 Å². The lowest BCUT2D eigenvalue weighted by molar-refractivity contribution is -0.0591. The fraction of sp³-hybridized carbons (Fsp3) is 0.381. The van der Waals surface area contributed by atoms with Crippen LogP contribution in [0.3, 0.4) is 0 Å². The Balaban J connectivity index is 2.14. The highest BCUT2D eigenvalue weighted by Gasteiger charge is 2.45. The Bertz CT molecular complexity index is 799. The lowest BCUT2D eigenvalue weighted by Crippen LogP contribution is -2.54. The molecule has 0 radical (unpaired) electrons. The van der Waals surface area contributed by atoms with Gasteiger partial charge in [0.25, 0.3) is 0 Å². The SMILES string of the molecule is COCCN(c1ccccc1)C1c2cc(C#N)ccc2OC(C)(C)[C@@H]1O. The van der Waals surface area contributed by atoms with Crippen molar-refractivity contribution in [2.24, 2.45) is 0 Å². The van der Waals surface area contributed by atoms with Crippen LogP contribution in [-0.4, -0.2) is 37.1 Å². The molecule has 2 atom stereocenters. The van der Waals surface area contributed by atoms with Crippen molar-refractivity contribution in [1.29, 1.82) is 5.26 Å². The van der Waals surface area contributed by atoms with Crippen molar-refractivity contribution in [3.63, 3.8) is 0 Å². The minimum Gasteiger partial charge on any atom is -0.485 e. The average Bonchev–Trinajstić information content (AvgIpc) is 2.65. The molecule has 0 aliphatic carbocycles. The zero-order valence-electron chi connectivity index (χ0n) is 15.3. The molecule has 5 heteroatoms. The standard InChI is InChI=1S/C21H24N2O3/c1-21(2)20(24)19(17-13-15(14-22)9-10-18(17)26-21)23(11-12-25-3)16-7-5-4-6-8-16/h4-10,13,19-20,24H,11-12H2,1-3H3/t19?,20-/m1/s1. The van der Waals surface area contributed by atoms with E-state index in [1.165, 1.54) is 0 Å². The highest BCUT2D eigenvalue weighted by atomic mass is 16.5. The molecule has 0 amide bonds. The maximum atomic E-state index is 11.1. The van der Waals surface area contributed by atoms with E-state index in [0.717, 1.165) is 11.3 Å². The van der Waals surface area contributed by atoms with Crippen LogP contribution in [0.2, 0.25) is 0 Å². The van der Waals surface area contributed by atoms with Crippen LogP contribution in [0.4, 0.5) is 5.69 Å². The van der Waals surface area contributed by atoms with Gasteiger partial charge in [0.1, 0.15) is 17.5 Å². The van der Waals surface area contributed by atoms with E-state index in [4.69, 9.17) is 9.47 Å². The van der Waals surface area contributed by atoms with Crippen molar-refractivity contribution >= 4 is 5.69 Å². The number of aliphatic hydroxyl groups excluding tert-OH is 1. The van der Waals surface area contributed by atoms with Crippen molar-refractivity contribution in [3.8, 4) is 11.8 Å². The quantitative estimate of drug-likeness (QED) is 0.894. The summed E-state index contributed by atoms with van der Waals surface area (Å²) >= 11 is 0. The van der Waals surface area contributed by atoms with Gasteiger partial charge in [-0.25, -0.2) is 0 Å². The number of anilines is 1. The number of para-hydroxylation sites is 1. The molecule has 0 aromatic heterocycles. The number of ether oxygens (including phenoxy) is 2. The molecule has 1 aliphatic heterocycles. The second kappa shape index (κ2) is 7.36. The third-order valence-electron chi connectivity index (χ3n) is 4.80. The number of fused-ring (bicyclic) bond motifs is 1. The van der Waals surface area contributed by atoms with Crippen molar-refractivity contribution in [1.82, 2.24) is 0 Å². The fourth-order valence-corrected chi connectivity index (χ4v) is 3.41. The van der Waals surface area contributed by atoms with E-state index in [1.54, 1.807) is 19.2 Å². The van der Waals surface area contributed by atoms with Crippen LogP contribution in [0.1, 0.15) is 31.0 Å². The van der Waals surface area contributed by atoms with Gasteiger partial charge in [-0.05, 0) is 44.2 Å². The van der Waals surface area contributed by atoms with Gasteiger partial charge in [-0.2, -0.15) is 5.26 Å². The van der Waals surface area contributed by atoms with Gasteiger partial charge in [-0.15, -0.1) is 0 Å². The van der Waals surface area contributed by atoms with E-state index < -0.39 is 11.7 Å². The zero-order valence-corrected chi connectivity index (χ0v) is 15.3. The molecule has 1 heterocycles. The van der Waals surface area contributed by atoms with E-state index in [1.807, 2.05) is 50.2 Å². The van der Waals surface area contributed by atoms with Crippen molar-refractivity contribution in [2.45, 2.75) is 31.6 Å². The van der Waals surface area contributed by atoms with Crippen LogP contribution in [0, 0.1) is 11.3 Å². The van der Waals surface area contributed by atoms with Crippen molar-refractivity contribution in [2.75, 3.05) is 25.2 Å². The highest BCUT2D eigenvalue weighted by Crippen LogP contribution is 2.44. The predicted molar refractivity (Wildman–Crippen MR) is 100 cm³/mol. The van der Waals surface area contributed by atoms with Gasteiger partial charge in [0.15, 0.2) is 0 Å². The Labute approximate surface area is 154 Å². The molecule has 0 saturated carbocycles. The Morgan fingerprint density at radius 1 is 1.23 bits per heavy atom. The molecule has 0 saturated heterocycles. The highest BCUT2D eigenvalue weighted by molar-refractivity contribution is 5.54. The summed E-state index contributed by atoms with van der Waals surface area (Å²) in [6.07, 6.45) is -0.777. The molecule has 1 N–H and O–H groups in total. The summed E-state index contributed by atoms with van der Waals surface area (Å²) in [7, 11) is 1.66. The topological polar surface area (TPSA) is 65.7 Å². The maximum absolute atomic E-state index is 11.1. The van der Waals surface area contributed by atoms with Gasteiger partial charge in [0, 0.05) is 24.9 Å². The molecule has 5 nitrogen and oxygen atoms in total. The summed E-state index contributed by atoms with van der Waals surface area (Å²) in [5.74, 6) is 0.697. The Morgan fingerprint density at radius 3 is 2.62 bits per heavy atom. The molecular weight excluding hydrogens is 328 g/mol. The Morgan fingerprint density at radius 2 is 1.96 bits per heavy atom. The molecular formula is C21H24N2O3. The number of rotatable bonds is 5. The van der Waals surface area contributed by atoms with Crippen LogP contribution in [0.25, 0.3) is 0 Å². The monoisotopic (exact) mass is 352 g/mol. The molecule has 0 bridgehead atoms. The first kappa shape index (κ1) is 18.2. The Kier molecular flexibility index (Phi) is 5.17. The van der Waals surface area contributed by atoms with E-state index >= 15 is 0 Å². The summed E-state index contributed by atoms with van der Waals surface area (Å²) in [5, 5.41) is 20.5. The van der Waals surface area contributed by atoms with Gasteiger partial charge in [0.2, 0.25) is 0 Å². The first-order chi connectivity index (χ1) is 12.5. The van der Waals surface area contributed by atoms with Crippen molar-refractivity contribution < 1.29 is 14.6 Å². The summed E-state index contributed by atoms with van der Waals surface area (Å²) in [5.41, 5.74) is 1.59. The van der Waals surface area contributed by atoms with E-state index in [-0.39, 0.29) is 6.04 Å². The fourth-order valence-electron chi connectivity index (χ4n) is 3.41. The van der Waals surface area contributed by atoms with Gasteiger partial charge >= 0.3 is 0 Å². The van der Waals surface area contributed by atoms with Crippen LogP contribution in [0.15, 0.2) is 48.5 Å². The van der Waals surface area contributed by atoms with Gasteiger partial charge in [-0.3, -0.25) is 0 Å². The predicted octanol–water partition coefficient (Wildman–Crippen LogP) is 3.28. The number of benzene rings is 2. The van der Waals surface area contributed by atoms with E-state index in [9.17, 15) is 10.4 Å². The Hall–Kier alpha value is -2.55. The first-order valence-electron chi connectivity index (χ1n) is 8.69. The average molecular weight is 352 g/mol. The van der Waals surface area contributed by atoms with E-state index in [0.29, 0.717) is 24.5 Å². The molecule has 2 aromatic carbocycles. The lowest BCUT2D eigenvalue weighted by Gasteiger charge is -2.47.